The quantitative estimate of drug-likeness (QED) is 0.207. The molecular formula is C21H20ClIN6O2. The lowest BCUT2D eigenvalue weighted by Gasteiger charge is -2.08. The van der Waals surface area contributed by atoms with Gasteiger partial charge in [-0.2, -0.15) is 4.98 Å². The first-order valence-electron chi connectivity index (χ1n) is 9.24. The van der Waals surface area contributed by atoms with Crippen molar-refractivity contribution in [3.05, 3.63) is 77.5 Å². The summed E-state index contributed by atoms with van der Waals surface area (Å²) in [4.78, 5) is 13.1. The summed E-state index contributed by atoms with van der Waals surface area (Å²) in [5, 5.41) is 11.0. The van der Waals surface area contributed by atoms with Gasteiger partial charge in [-0.05, 0) is 36.4 Å². The van der Waals surface area contributed by atoms with Crippen molar-refractivity contribution in [1.82, 2.24) is 25.8 Å². The zero-order chi connectivity index (χ0) is 20.8. The van der Waals surface area contributed by atoms with E-state index in [2.05, 4.69) is 30.8 Å². The Morgan fingerprint density at radius 3 is 2.45 bits per heavy atom. The summed E-state index contributed by atoms with van der Waals surface area (Å²) in [6, 6.07) is 17.0. The van der Waals surface area contributed by atoms with Crippen LogP contribution in [0.5, 0.6) is 0 Å². The highest BCUT2D eigenvalue weighted by molar-refractivity contribution is 14.0. The van der Waals surface area contributed by atoms with Gasteiger partial charge >= 0.3 is 0 Å². The second-order valence-corrected chi connectivity index (χ2v) is 6.74. The molecule has 0 aliphatic heterocycles. The van der Waals surface area contributed by atoms with Crippen molar-refractivity contribution in [1.29, 1.82) is 0 Å². The van der Waals surface area contributed by atoms with E-state index in [0.29, 0.717) is 41.7 Å². The van der Waals surface area contributed by atoms with E-state index in [1.807, 2.05) is 42.5 Å². The zero-order valence-corrected chi connectivity index (χ0v) is 19.7. The van der Waals surface area contributed by atoms with Gasteiger partial charge < -0.3 is 19.6 Å². The Morgan fingerprint density at radius 1 is 0.968 bits per heavy atom. The first kappa shape index (κ1) is 22.8. The van der Waals surface area contributed by atoms with Crippen LogP contribution in [0, 0.1) is 0 Å². The molecule has 0 fully saturated rings. The van der Waals surface area contributed by atoms with Crippen LogP contribution in [0.4, 0.5) is 0 Å². The monoisotopic (exact) mass is 550 g/mol. The molecule has 0 aliphatic carbocycles. The maximum absolute atomic E-state index is 5.91. The molecule has 0 saturated heterocycles. The maximum atomic E-state index is 5.91. The minimum atomic E-state index is 0. The van der Waals surface area contributed by atoms with Crippen molar-refractivity contribution in [3.8, 4) is 22.8 Å². The molecule has 0 saturated carbocycles. The number of guanidine groups is 1. The zero-order valence-electron chi connectivity index (χ0n) is 16.6. The topological polar surface area (TPSA) is 101 Å². The Morgan fingerprint density at radius 2 is 1.71 bits per heavy atom. The van der Waals surface area contributed by atoms with E-state index in [1.54, 1.807) is 25.4 Å². The van der Waals surface area contributed by atoms with Crippen molar-refractivity contribution in [2.75, 3.05) is 7.05 Å². The lowest BCUT2D eigenvalue weighted by Crippen LogP contribution is -2.36. The normalized spacial score (nSPS) is 11.1. The van der Waals surface area contributed by atoms with Gasteiger partial charge in [0.2, 0.25) is 17.6 Å². The molecule has 8 nitrogen and oxygen atoms in total. The van der Waals surface area contributed by atoms with Gasteiger partial charge in [0.15, 0.2) is 5.96 Å². The summed E-state index contributed by atoms with van der Waals surface area (Å²) in [6.45, 7) is 0.782. The molecule has 0 radical (unpaired) electrons. The second kappa shape index (κ2) is 10.9. The molecule has 31 heavy (non-hydrogen) atoms. The number of nitrogens with one attached hydrogen (secondary N) is 2. The highest BCUT2D eigenvalue weighted by Crippen LogP contribution is 2.19. The van der Waals surface area contributed by atoms with Crippen molar-refractivity contribution in [2.45, 2.75) is 13.1 Å². The van der Waals surface area contributed by atoms with E-state index in [0.717, 1.165) is 16.8 Å². The summed E-state index contributed by atoms with van der Waals surface area (Å²) in [6.07, 6.45) is 1.62. The molecule has 0 bridgehead atoms. The molecule has 10 heteroatoms. The summed E-state index contributed by atoms with van der Waals surface area (Å²) in [5.74, 6) is 2.10. The van der Waals surface area contributed by atoms with Gasteiger partial charge in [-0.15, -0.1) is 24.0 Å². The van der Waals surface area contributed by atoms with Gasteiger partial charge in [0.05, 0.1) is 18.8 Å². The van der Waals surface area contributed by atoms with Crippen LogP contribution in [0.15, 0.2) is 74.8 Å². The van der Waals surface area contributed by atoms with Gasteiger partial charge in [-0.1, -0.05) is 35.0 Å². The van der Waals surface area contributed by atoms with Gasteiger partial charge in [0.1, 0.15) is 6.26 Å². The average Bonchev–Trinajstić information content (AvgIpc) is 3.45. The number of oxazole rings is 1. The molecular weight excluding hydrogens is 531 g/mol. The highest BCUT2D eigenvalue weighted by atomic mass is 127. The largest absolute Gasteiger partial charge is 0.444 e. The molecule has 2 aromatic heterocycles. The fourth-order valence-corrected chi connectivity index (χ4v) is 2.82. The third-order valence-electron chi connectivity index (χ3n) is 4.21. The number of hydrogen-bond donors (Lipinski definition) is 2. The molecule has 2 aromatic carbocycles. The van der Waals surface area contributed by atoms with Crippen molar-refractivity contribution in [2.24, 2.45) is 4.99 Å². The first-order valence-corrected chi connectivity index (χ1v) is 9.62. The minimum absolute atomic E-state index is 0. The van der Waals surface area contributed by atoms with E-state index >= 15 is 0 Å². The van der Waals surface area contributed by atoms with Gasteiger partial charge in [-0.25, -0.2) is 4.98 Å². The number of aliphatic imine (C=N–C) groups is 1. The predicted molar refractivity (Wildman–Crippen MR) is 129 cm³/mol. The van der Waals surface area contributed by atoms with Crippen LogP contribution in [0.3, 0.4) is 0 Å². The summed E-state index contributed by atoms with van der Waals surface area (Å²) in [5.41, 5.74) is 2.52. The highest BCUT2D eigenvalue weighted by Gasteiger charge is 2.10. The SMILES string of the molecule is CN=C(NCc1coc(-c2ccccc2)n1)NCc1nc(-c2ccc(Cl)cc2)no1.I. The molecule has 160 valence electrons. The molecule has 0 spiro atoms. The average molecular weight is 551 g/mol. The number of halogens is 2. The van der Waals surface area contributed by atoms with E-state index in [1.165, 1.54) is 0 Å². The van der Waals surface area contributed by atoms with Gasteiger partial charge in [-0.3, -0.25) is 4.99 Å². The predicted octanol–water partition coefficient (Wildman–Crippen LogP) is 4.53. The molecule has 0 aliphatic rings. The van der Waals surface area contributed by atoms with Gasteiger partial charge in [0, 0.05) is 23.2 Å². The van der Waals surface area contributed by atoms with E-state index in [4.69, 9.17) is 20.5 Å². The molecule has 0 atom stereocenters. The molecule has 0 amide bonds. The third-order valence-corrected chi connectivity index (χ3v) is 4.46. The smallest absolute Gasteiger partial charge is 0.246 e. The number of hydrogen-bond acceptors (Lipinski definition) is 6. The Hall–Kier alpha value is -2.92. The van der Waals surface area contributed by atoms with Crippen LogP contribution < -0.4 is 10.6 Å². The number of benzene rings is 2. The molecule has 2 N–H and O–H groups in total. The van der Waals surface area contributed by atoms with Crippen LogP contribution in [-0.4, -0.2) is 28.1 Å². The number of aromatic nitrogens is 3. The fraction of sp³-hybridized carbons (Fsp3) is 0.143. The van der Waals surface area contributed by atoms with E-state index in [-0.39, 0.29) is 24.0 Å². The Bertz CT molecular complexity index is 1130. The van der Waals surface area contributed by atoms with Crippen molar-refractivity contribution < 1.29 is 8.94 Å². The van der Waals surface area contributed by atoms with Crippen LogP contribution in [0.25, 0.3) is 22.8 Å². The Labute approximate surface area is 201 Å². The minimum Gasteiger partial charge on any atom is -0.444 e. The van der Waals surface area contributed by atoms with Gasteiger partial charge in [0.25, 0.3) is 0 Å². The summed E-state index contributed by atoms with van der Waals surface area (Å²) < 4.78 is 10.8. The lowest BCUT2D eigenvalue weighted by atomic mass is 10.2. The molecule has 4 aromatic rings. The van der Waals surface area contributed by atoms with Crippen LogP contribution in [0.1, 0.15) is 11.6 Å². The van der Waals surface area contributed by atoms with E-state index in [9.17, 15) is 0 Å². The number of rotatable bonds is 6. The summed E-state index contributed by atoms with van der Waals surface area (Å²) in [7, 11) is 1.68. The third kappa shape index (κ3) is 6.05. The Balaban J connectivity index is 0.00000272. The standard InChI is InChI=1S/C21H19ClN6O2.HI/c1-23-21(24-11-17-13-29-20(26-17)15-5-3-2-4-6-15)25-12-18-27-19(28-30-18)14-7-9-16(22)10-8-14;/h2-10,13H,11-12H2,1H3,(H2,23,24,25);1H. The Kier molecular flexibility index (Phi) is 8.01. The maximum Gasteiger partial charge on any atom is 0.246 e. The first-order chi connectivity index (χ1) is 14.7. The second-order valence-electron chi connectivity index (χ2n) is 6.31. The number of nitrogens with zero attached hydrogens (tertiary/aromatic N) is 4. The molecule has 4 rings (SSSR count). The molecule has 2 heterocycles. The summed E-state index contributed by atoms with van der Waals surface area (Å²) >= 11 is 5.91. The van der Waals surface area contributed by atoms with Crippen molar-refractivity contribution in [3.63, 3.8) is 0 Å². The molecule has 0 unspecified atom stereocenters. The van der Waals surface area contributed by atoms with Crippen LogP contribution in [-0.2, 0) is 13.1 Å². The van der Waals surface area contributed by atoms with Crippen LogP contribution in [0.2, 0.25) is 5.02 Å². The van der Waals surface area contributed by atoms with Crippen molar-refractivity contribution >= 4 is 41.5 Å². The van der Waals surface area contributed by atoms with E-state index < -0.39 is 0 Å². The lowest BCUT2D eigenvalue weighted by molar-refractivity contribution is 0.375. The van der Waals surface area contributed by atoms with Crippen LogP contribution >= 0.6 is 35.6 Å². The fourth-order valence-electron chi connectivity index (χ4n) is 2.70.